The van der Waals surface area contributed by atoms with Gasteiger partial charge in [0, 0.05) is 19.1 Å². The highest BCUT2D eigenvalue weighted by atomic mass is 16.2. The second-order valence-electron chi connectivity index (χ2n) is 6.79. The molecule has 0 aliphatic carbocycles. The Morgan fingerprint density at radius 2 is 1.92 bits per heavy atom. The van der Waals surface area contributed by atoms with Crippen LogP contribution in [0.5, 0.6) is 0 Å². The number of hydrogen-bond acceptors (Lipinski definition) is 4. The Bertz CT molecular complexity index is 784. The molecule has 0 saturated carbocycles. The molecular weight excluding hydrogens is 316 g/mol. The fourth-order valence-electron chi connectivity index (χ4n) is 2.60. The summed E-state index contributed by atoms with van der Waals surface area (Å²) in [5.41, 5.74) is 0.534. The molecule has 0 fully saturated rings. The lowest BCUT2D eigenvalue weighted by atomic mass is 10.2. The summed E-state index contributed by atoms with van der Waals surface area (Å²) in [5.74, 6) is 0.655. The zero-order chi connectivity index (χ0) is 18.6. The van der Waals surface area contributed by atoms with Crippen LogP contribution in [-0.2, 0) is 11.3 Å². The highest BCUT2D eigenvalue weighted by molar-refractivity contribution is 5.78. The molecule has 1 atom stereocenters. The van der Waals surface area contributed by atoms with Crippen molar-refractivity contribution in [3.05, 3.63) is 40.4 Å². The molecule has 0 bridgehead atoms. The quantitative estimate of drug-likeness (QED) is 0.837. The van der Waals surface area contributed by atoms with E-state index in [9.17, 15) is 9.59 Å². The Hall–Kier alpha value is -2.21. The molecule has 1 heterocycles. The molecule has 136 valence electrons. The highest BCUT2D eigenvalue weighted by Gasteiger charge is 2.21. The number of aromatic nitrogens is 2. The van der Waals surface area contributed by atoms with Gasteiger partial charge in [-0.25, -0.2) is 4.98 Å². The lowest BCUT2D eigenvalue weighted by molar-refractivity contribution is -0.133. The highest BCUT2D eigenvalue weighted by Crippen LogP contribution is 2.11. The van der Waals surface area contributed by atoms with Crippen molar-refractivity contribution < 1.29 is 4.79 Å². The van der Waals surface area contributed by atoms with Gasteiger partial charge < -0.3 is 9.88 Å². The molecule has 1 aromatic carbocycles. The predicted molar refractivity (Wildman–Crippen MR) is 100 cm³/mol. The Morgan fingerprint density at radius 1 is 1.24 bits per heavy atom. The number of nitrogens with one attached hydrogen (secondary N) is 1. The fraction of sp³-hybridized carbons (Fsp3) is 0.526. The first kappa shape index (κ1) is 19.1. The first-order valence-electron chi connectivity index (χ1n) is 8.81. The van der Waals surface area contributed by atoms with Crippen LogP contribution in [0.1, 0.15) is 39.9 Å². The van der Waals surface area contributed by atoms with Crippen LogP contribution < -0.4 is 5.56 Å². The number of fused-ring (bicyclic) bond motifs is 1. The zero-order valence-electron chi connectivity index (χ0n) is 15.7. The molecule has 0 saturated heterocycles. The van der Waals surface area contributed by atoms with Crippen LogP contribution in [0, 0.1) is 0 Å². The van der Waals surface area contributed by atoms with Gasteiger partial charge in [0.05, 0.1) is 24.0 Å². The van der Waals surface area contributed by atoms with Gasteiger partial charge in [-0.05, 0) is 39.3 Å². The maximum absolute atomic E-state index is 12.5. The Kier molecular flexibility index (Phi) is 6.31. The maximum atomic E-state index is 12.5. The normalized spacial score (nSPS) is 12.8. The number of H-pyrrole nitrogens is 1. The van der Waals surface area contributed by atoms with Crippen molar-refractivity contribution in [2.75, 3.05) is 13.6 Å². The molecule has 6 nitrogen and oxygen atoms in total. The number of likely N-dealkylation sites (N-methyl/N-ethyl adjacent to an activating group) is 1. The molecule has 6 heteroatoms. The van der Waals surface area contributed by atoms with E-state index < -0.39 is 0 Å². The van der Waals surface area contributed by atoms with E-state index in [2.05, 4.69) is 28.7 Å². The average Bonchev–Trinajstić information content (AvgIpc) is 2.59. The molecule has 0 spiro atoms. The number of aromatic amines is 1. The molecule has 1 N–H and O–H groups in total. The molecule has 0 radical (unpaired) electrons. The van der Waals surface area contributed by atoms with Crippen LogP contribution in [-0.4, -0.2) is 51.4 Å². The number of carbonyl (C=O) groups is 1. The topological polar surface area (TPSA) is 69.3 Å². The molecule has 2 rings (SSSR count). The van der Waals surface area contributed by atoms with E-state index in [-0.39, 0.29) is 23.6 Å². The fourth-order valence-corrected chi connectivity index (χ4v) is 2.60. The van der Waals surface area contributed by atoms with Crippen molar-refractivity contribution in [2.24, 2.45) is 0 Å². The zero-order valence-corrected chi connectivity index (χ0v) is 15.7. The van der Waals surface area contributed by atoms with Crippen molar-refractivity contribution in [3.63, 3.8) is 0 Å². The summed E-state index contributed by atoms with van der Waals surface area (Å²) in [6.45, 7) is 8.90. The minimum Gasteiger partial charge on any atom is -0.342 e. The maximum Gasteiger partial charge on any atom is 0.258 e. The molecule has 1 unspecified atom stereocenters. The third kappa shape index (κ3) is 4.66. The van der Waals surface area contributed by atoms with Crippen molar-refractivity contribution in [2.45, 2.75) is 52.7 Å². The molecular formula is C19H28N4O2. The van der Waals surface area contributed by atoms with E-state index >= 15 is 0 Å². The van der Waals surface area contributed by atoms with E-state index in [1.807, 2.05) is 39.1 Å². The Morgan fingerprint density at radius 3 is 2.56 bits per heavy atom. The van der Waals surface area contributed by atoms with Gasteiger partial charge in [0.25, 0.3) is 5.56 Å². The Labute approximate surface area is 148 Å². The molecule has 1 aromatic heterocycles. The van der Waals surface area contributed by atoms with Crippen LogP contribution in [0.15, 0.2) is 29.1 Å². The van der Waals surface area contributed by atoms with Crippen LogP contribution >= 0.6 is 0 Å². The first-order valence-corrected chi connectivity index (χ1v) is 8.81. The average molecular weight is 344 g/mol. The predicted octanol–water partition coefficient (Wildman–Crippen LogP) is 2.39. The Balaban J connectivity index is 2.25. The van der Waals surface area contributed by atoms with Crippen molar-refractivity contribution in [1.82, 2.24) is 19.8 Å². The minimum atomic E-state index is -0.143. The molecule has 1 amide bonds. The number of hydrogen-bond donors (Lipinski definition) is 1. The van der Waals surface area contributed by atoms with E-state index in [4.69, 9.17) is 0 Å². The summed E-state index contributed by atoms with van der Waals surface area (Å²) in [7, 11) is 1.82. The van der Waals surface area contributed by atoms with E-state index in [0.717, 1.165) is 6.42 Å². The standard InChI is InChI=1S/C19H28N4O2/c1-6-14(4)23(12-18(24)22(5)13(2)3)11-17-20-16-10-8-7-9-15(16)19(25)21-17/h7-10,13-14H,6,11-12H2,1-5H3,(H,20,21,25). The first-order chi connectivity index (χ1) is 11.8. The molecule has 0 aliphatic heterocycles. The van der Waals surface area contributed by atoms with E-state index in [1.165, 1.54) is 0 Å². The lowest BCUT2D eigenvalue weighted by Crippen LogP contribution is -2.44. The van der Waals surface area contributed by atoms with Gasteiger partial charge in [-0.2, -0.15) is 0 Å². The summed E-state index contributed by atoms with van der Waals surface area (Å²) in [5, 5.41) is 0.581. The number of nitrogens with zero attached hydrogens (tertiary/aromatic N) is 3. The van der Waals surface area contributed by atoms with Crippen LogP contribution in [0.2, 0.25) is 0 Å². The van der Waals surface area contributed by atoms with Gasteiger partial charge in [-0.1, -0.05) is 19.1 Å². The van der Waals surface area contributed by atoms with Gasteiger partial charge in [0.15, 0.2) is 0 Å². The summed E-state index contributed by atoms with van der Waals surface area (Å²) in [6, 6.07) is 7.65. The SMILES string of the molecule is CCC(C)N(CC(=O)N(C)C(C)C)Cc1nc2ccccc2c(=O)[nH]1. The summed E-state index contributed by atoms with van der Waals surface area (Å²) in [4.78, 5) is 35.9. The van der Waals surface area contributed by atoms with Crippen LogP contribution in [0.25, 0.3) is 10.9 Å². The third-order valence-corrected chi connectivity index (χ3v) is 4.74. The van der Waals surface area contributed by atoms with Gasteiger partial charge in [0.2, 0.25) is 5.91 Å². The molecule has 0 aliphatic rings. The minimum absolute atomic E-state index is 0.0680. The number of benzene rings is 1. The van der Waals surface area contributed by atoms with Crippen molar-refractivity contribution >= 4 is 16.8 Å². The monoisotopic (exact) mass is 344 g/mol. The summed E-state index contributed by atoms with van der Waals surface area (Å²) < 4.78 is 0. The number of rotatable bonds is 7. The lowest BCUT2D eigenvalue weighted by Gasteiger charge is -2.30. The smallest absolute Gasteiger partial charge is 0.258 e. The van der Waals surface area contributed by atoms with Gasteiger partial charge in [-0.15, -0.1) is 0 Å². The van der Waals surface area contributed by atoms with Gasteiger partial charge in [0.1, 0.15) is 5.82 Å². The molecule has 2 aromatic rings. The number of para-hydroxylation sites is 1. The van der Waals surface area contributed by atoms with Gasteiger partial charge in [-0.3, -0.25) is 14.5 Å². The van der Waals surface area contributed by atoms with Crippen molar-refractivity contribution in [1.29, 1.82) is 0 Å². The van der Waals surface area contributed by atoms with Crippen LogP contribution in [0.3, 0.4) is 0 Å². The van der Waals surface area contributed by atoms with Gasteiger partial charge >= 0.3 is 0 Å². The largest absolute Gasteiger partial charge is 0.342 e. The molecule has 25 heavy (non-hydrogen) atoms. The summed E-state index contributed by atoms with van der Waals surface area (Å²) >= 11 is 0. The number of carbonyl (C=O) groups excluding carboxylic acids is 1. The number of amides is 1. The van der Waals surface area contributed by atoms with E-state index in [0.29, 0.717) is 29.8 Å². The second kappa shape index (κ2) is 8.25. The van der Waals surface area contributed by atoms with Crippen molar-refractivity contribution in [3.8, 4) is 0 Å². The summed E-state index contributed by atoms with van der Waals surface area (Å²) in [6.07, 6.45) is 0.913. The van der Waals surface area contributed by atoms with Crippen LogP contribution in [0.4, 0.5) is 0 Å². The third-order valence-electron chi connectivity index (χ3n) is 4.74. The second-order valence-corrected chi connectivity index (χ2v) is 6.79. The van der Waals surface area contributed by atoms with E-state index in [1.54, 1.807) is 11.0 Å².